The van der Waals surface area contributed by atoms with Crippen molar-refractivity contribution < 1.29 is 19.8 Å². The van der Waals surface area contributed by atoms with Crippen LogP contribution in [0.2, 0.25) is 0 Å². The van der Waals surface area contributed by atoms with Crippen LogP contribution >= 0.6 is 0 Å². The fraction of sp³-hybridized carbons (Fsp3) is 0.333. The minimum Gasteiger partial charge on any atom is -0.483 e. The third-order valence-corrected chi connectivity index (χ3v) is 4.26. The van der Waals surface area contributed by atoms with Crippen LogP contribution in [0.15, 0.2) is 36.4 Å². The summed E-state index contributed by atoms with van der Waals surface area (Å²) in [5.74, 6) is -1.06. The molecule has 132 valence electrons. The molecule has 1 fully saturated rings. The Morgan fingerprint density at radius 2 is 1.72 bits per heavy atom. The second kappa shape index (κ2) is 8.89. The van der Waals surface area contributed by atoms with E-state index < -0.39 is 5.97 Å². The SMILES string of the molecule is CC(c1ccc(-c2ccc(C(=O)O)nn2)cc1)N1CCCC1.O=CO. The van der Waals surface area contributed by atoms with Crippen LogP contribution in [0.5, 0.6) is 0 Å². The van der Waals surface area contributed by atoms with Crippen molar-refractivity contribution in [2.24, 2.45) is 0 Å². The summed E-state index contributed by atoms with van der Waals surface area (Å²) in [7, 11) is 0. The fourth-order valence-corrected chi connectivity index (χ4v) is 2.87. The van der Waals surface area contributed by atoms with E-state index in [4.69, 9.17) is 15.0 Å². The summed E-state index contributed by atoms with van der Waals surface area (Å²) in [5, 5.41) is 23.4. The molecule has 1 unspecified atom stereocenters. The second-order valence-corrected chi connectivity index (χ2v) is 5.76. The van der Waals surface area contributed by atoms with Crippen LogP contribution in [0.25, 0.3) is 11.3 Å². The minimum atomic E-state index is -1.06. The highest BCUT2D eigenvalue weighted by molar-refractivity contribution is 5.85. The van der Waals surface area contributed by atoms with Gasteiger partial charge in [-0.05, 0) is 50.6 Å². The molecule has 1 aromatic carbocycles. The molecule has 7 nitrogen and oxygen atoms in total. The molecule has 3 rings (SSSR count). The van der Waals surface area contributed by atoms with E-state index in [2.05, 4.69) is 34.2 Å². The number of likely N-dealkylation sites (tertiary alicyclic amines) is 1. The maximum atomic E-state index is 10.8. The highest BCUT2D eigenvalue weighted by atomic mass is 16.4. The zero-order chi connectivity index (χ0) is 18.2. The molecule has 1 atom stereocenters. The van der Waals surface area contributed by atoms with Gasteiger partial charge in [0.1, 0.15) is 0 Å². The average molecular weight is 343 g/mol. The predicted molar refractivity (Wildman–Crippen MR) is 92.3 cm³/mol. The van der Waals surface area contributed by atoms with E-state index in [0.717, 1.165) is 5.56 Å². The normalized spacial score (nSPS) is 15.1. The second-order valence-electron chi connectivity index (χ2n) is 5.76. The molecule has 2 heterocycles. The topological polar surface area (TPSA) is 104 Å². The summed E-state index contributed by atoms with van der Waals surface area (Å²) < 4.78 is 0. The van der Waals surface area contributed by atoms with Gasteiger partial charge in [0.05, 0.1) is 5.69 Å². The maximum Gasteiger partial charge on any atom is 0.356 e. The third-order valence-electron chi connectivity index (χ3n) is 4.26. The molecule has 1 saturated heterocycles. The molecule has 0 amide bonds. The lowest BCUT2D eigenvalue weighted by Gasteiger charge is -2.24. The number of aromatic carboxylic acids is 1. The van der Waals surface area contributed by atoms with Crippen molar-refractivity contribution >= 4 is 12.4 Å². The van der Waals surface area contributed by atoms with Gasteiger partial charge in [-0.2, -0.15) is 0 Å². The van der Waals surface area contributed by atoms with E-state index in [-0.39, 0.29) is 12.2 Å². The third kappa shape index (κ3) is 4.84. The zero-order valence-electron chi connectivity index (χ0n) is 14.0. The van der Waals surface area contributed by atoms with Crippen molar-refractivity contribution in [3.63, 3.8) is 0 Å². The number of aromatic nitrogens is 2. The van der Waals surface area contributed by atoms with Crippen LogP contribution < -0.4 is 0 Å². The number of carboxylic acid groups (broad SMARTS) is 2. The fourth-order valence-electron chi connectivity index (χ4n) is 2.87. The largest absolute Gasteiger partial charge is 0.483 e. The molecular formula is C18H21N3O4. The van der Waals surface area contributed by atoms with Crippen molar-refractivity contribution in [2.45, 2.75) is 25.8 Å². The number of nitrogens with zero attached hydrogens (tertiary/aromatic N) is 3. The number of benzene rings is 1. The summed E-state index contributed by atoms with van der Waals surface area (Å²) in [6.45, 7) is 4.33. The molecule has 0 radical (unpaired) electrons. The minimum absolute atomic E-state index is 0.0389. The van der Waals surface area contributed by atoms with E-state index in [1.165, 1.54) is 37.6 Å². The molecule has 2 aromatic rings. The van der Waals surface area contributed by atoms with Crippen LogP contribution in [0.3, 0.4) is 0 Å². The summed E-state index contributed by atoms with van der Waals surface area (Å²) >= 11 is 0. The number of hydrogen-bond donors (Lipinski definition) is 2. The monoisotopic (exact) mass is 343 g/mol. The molecule has 1 aliphatic heterocycles. The Bertz CT molecular complexity index is 695. The van der Waals surface area contributed by atoms with Gasteiger partial charge in [-0.15, -0.1) is 10.2 Å². The molecular weight excluding hydrogens is 322 g/mol. The lowest BCUT2D eigenvalue weighted by Crippen LogP contribution is -2.23. The van der Waals surface area contributed by atoms with Crippen LogP contribution in [-0.2, 0) is 4.79 Å². The van der Waals surface area contributed by atoms with Crippen molar-refractivity contribution in [3.8, 4) is 11.3 Å². The van der Waals surface area contributed by atoms with E-state index in [9.17, 15) is 4.79 Å². The standard InChI is InChI=1S/C17H19N3O2.CH2O2/c1-12(20-10-2-3-11-20)13-4-6-14(7-5-13)15-8-9-16(17(21)22)19-18-15;2-1-3/h4-9,12H,2-3,10-11H2,1H3,(H,21,22);1H,(H,2,3). The van der Waals surface area contributed by atoms with Gasteiger partial charge in [-0.1, -0.05) is 24.3 Å². The zero-order valence-corrected chi connectivity index (χ0v) is 14.0. The number of rotatable bonds is 4. The van der Waals surface area contributed by atoms with E-state index >= 15 is 0 Å². The van der Waals surface area contributed by atoms with Crippen LogP contribution in [0.1, 0.15) is 41.9 Å². The molecule has 0 saturated carbocycles. The van der Waals surface area contributed by atoms with Crippen molar-refractivity contribution in [2.75, 3.05) is 13.1 Å². The van der Waals surface area contributed by atoms with Gasteiger partial charge in [0, 0.05) is 11.6 Å². The number of carbonyl (C=O) groups is 2. The first kappa shape index (κ1) is 18.5. The Hall–Kier alpha value is -2.80. The van der Waals surface area contributed by atoms with Gasteiger partial charge in [-0.25, -0.2) is 4.79 Å². The summed E-state index contributed by atoms with van der Waals surface area (Å²) in [6.07, 6.45) is 2.57. The maximum absolute atomic E-state index is 10.8. The van der Waals surface area contributed by atoms with E-state index in [1.807, 2.05) is 12.1 Å². The van der Waals surface area contributed by atoms with Gasteiger partial charge in [0.25, 0.3) is 6.47 Å². The first-order chi connectivity index (χ1) is 12.1. The highest BCUT2D eigenvalue weighted by Crippen LogP contribution is 2.26. The van der Waals surface area contributed by atoms with Crippen LogP contribution in [-0.4, -0.2) is 50.8 Å². The van der Waals surface area contributed by atoms with Gasteiger partial charge >= 0.3 is 5.97 Å². The Morgan fingerprint density at radius 1 is 1.12 bits per heavy atom. The number of hydrogen-bond acceptors (Lipinski definition) is 5. The predicted octanol–water partition coefficient (Wildman–Crippen LogP) is 2.70. The van der Waals surface area contributed by atoms with Crippen LogP contribution in [0.4, 0.5) is 0 Å². The molecule has 1 aliphatic rings. The smallest absolute Gasteiger partial charge is 0.356 e. The highest BCUT2D eigenvalue weighted by Gasteiger charge is 2.19. The lowest BCUT2D eigenvalue weighted by molar-refractivity contribution is -0.122. The Labute approximate surface area is 145 Å². The Balaban J connectivity index is 0.000000701. The molecule has 0 aliphatic carbocycles. The van der Waals surface area contributed by atoms with Crippen molar-refractivity contribution in [3.05, 3.63) is 47.7 Å². The van der Waals surface area contributed by atoms with Crippen molar-refractivity contribution in [1.82, 2.24) is 15.1 Å². The van der Waals surface area contributed by atoms with Crippen molar-refractivity contribution in [1.29, 1.82) is 0 Å². The van der Waals surface area contributed by atoms with Gasteiger partial charge < -0.3 is 10.2 Å². The Kier molecular flexibility index (Phi) is 6.59. The first-order valence-electron chi connectivity index (χ1n) is 8.06. The van der Waals surface area contributed by atoms with Crippen LogP contribution in [0, 0.1) is 0 Å². The molecule has 1 aromatic heterocycles. The average Bonchev–Trinajstić information content (AvgIpc) is 3.17. The molecule has 2 N–H and O–H groups in total. The van der Waals surface area contributed by atoms with Gasteiger partial charge in [0.15, 0.2) is 5.69 Å². The quantitative estimate of drug-likeness (QED) is 0.823. The summed E-state index contributed by atoms with van der Waals surface area (Å²) in [4.78, 5) is 21.6. The van der Waals surface area contributed by atoms with E-state index in [0.29, 0.717) is 11.7 Å². The molecule has 0 spiro atoms. The summed E-state index contributed by atoms with van der Waals surface area (Å²) in [6, 6.07) is 11.9. The lowest BCUT2D eigenvalue weighted by atomic mass is 10.0. The molecule has 25 heavy (non-hydrogen) atoms. The molecule has 0 bridgehead atoms. The van der Waals surface area contributed by atoms with Gasteiger partial charge in [-0.3, -0.25) is 9.69 Å². The number of carboxylic acids is 1. The summed E-state index contributed by atoms with van der Waals surface area (Å²) in [5.41, 5.74) is 2.89. The molecule has 7 heteroatoms. The first-order valence-corrected chi connectivity index (χ1v) is 8.06. The van der Waals surface area contributed by atoms with Gasteiger partial charge in [0.2, 0.25) is 0 Å². The van der Waals surface area contributed by atoms with E-state index in [1.54, 1.807) is 6.07 Å². The Morgan fingerprint density at radius 3 is 2.20 bits per heavy atom.